The molecule has 1 aromatic heterocycles. The highest BCUT2D eigenvalue weighted by Gasteiger charge is 2.18. The highest BCUT2D eigenvalue weighted by molar-refractivity contribution is 7.99. The van der Waals surface area contributed by atoms with Crippen LogP contribution in [0.1, 0.15) is 33.7 Å². The van der Waals surface area contributed by atoms with E-state index in [1.165, 1.54) is 18.3 Å². The Morgan fingerprint density at radius 3 is 2.78 bits per heavy atom. The van der Waals surface area contributed by atoms with Crippen LogP contribution >= 0.6 is 11.8 Å². The van der Waals surface area contributed by atoms with Crippen LogP contribution in [0.5, 0.6) is 0 Å². The third-order valence-electron chi connectivity index (χ3n) is 2.80. The number of carbonyl (C=O) groups is 2. The minimum atomic E-state index is -1.06. The molecule has 18 heavy (non-hydrogen) atoms. The summed E-state index contributed by atoms with van der Waals surface area (Å²) in [6, 6.07) is 2.85. The van der Waals surface area contributed by atoms with Crippen LogP contribution in [0.25, 0.3) is 0 Å². The zero-order chi connectivity index (χ0) is 13.0. The Kier molecular flexibility index (Phi) is 4.19. The van der Waals surface area contributed by atoms with Gasteiger partial charge in [0.1, 0.15) is 5.69 Å². The van der Waals surface area contributed by atoms with E-state index in [2.05, 4.69) is 10.3 Å². The van der Waals surface area contributed by atoms with Gasteiger partial charge in [0, 0.05) is 12.2 Å². The predicted octanol–water partition coefficient (Wildman–Crippen LogP) is 1.41. The second-order valence-electron chi connectivity index (χ2n) is 4.10. The molecular weight excluding hydrogens is 252 g/mol. The summed E-state index contributed by atoms with van der Waals surface area (Å²) in [4.78, 5) is 26.6. The molecule has 0 aromatic carbocycles. The summed E-state index contributed by atoms with van der Waals surface area (Å²) in [5, 5.41) is 11.7. The quantitative estimate of drug-likeness (QED) is 0.864. The van der Waals surface area contributed by atoms with Crippen molar-refractivity contribution < 1.29 is 14.7 Å². The Labute approximate surface area is 109 Å². The Hall–Kier alpha value is -1.56. The third kappa shape index (κ3) is 3.22. The highest BCUT2D eigenvalue weighted by atomic mass is 32.2. The lowest BCUT2D eigenvalue weighted by Crippen LogP contribution is -2.37. The minimum Gasteiger partial charge on any atom is -0.478 e. The Bertz CT molecular complexity index is 458. The van der Waals surface area contributed by atoms with E-state index in [1.807, 2.05) is 11.8 Å². The van der Waals surface area contributed by atoms with Crippen molar-refractivity contribution in [3.8, 4) is 0 Å². The van der Waals surface area contributed by atoms with E-state index in [9.17, 15) is 9.59 Å². The normalized spacial score (nSPS) is 16.2. The maximum Gasteiger partial charge on any atom is 0.335 e. The summed E-state index contributed by atoms with van der Waals surface area (Å²) in [7, 11) is 0. The molecule has 1 aliphatic rings. The SMILES string of the molecule is O=C(O)c1ccnc(C(=O)NC2CCSCC2)c1. The Balaban J connectivity index is 2.03. The maximum absolute atomic E-state index is 11.9. The van der Waals surface area contributed by atoms with Crippen molar-refractivity contribution in [2.75, 3.05) is 11.5 Å². The zero-order valence-electron chi connectivity index (χ0n) is 9.76. The lowest BCUT2D eigenvalue weighted by Gasteiger charge is -2.22. The summed E-state index contributed by atoms with van der Waals surface area (Å²) < 4.78 is 0. The first-order chi connectivity index (χ1) is 8.66. The second-order valence-corrected chi connectivity index (χ2v) is 5.32. The van der Waals surface area contributed by atoms with Crippen molar-refractivity contribution in [2.24, 2.45) is 0 Å². The van der Waals surface area contributed by atoms with Crippen molar-refractivity contribution in [1.29, 1.82) is 0 Å². The van der Waals surface area contributed by atoms with Gasteiger partial charge in [-0.25, -0.2) is 4.79 Å². The molecule has 0 aliphatic carbocycles. The lowest BCUT2D eigenvalue weighted by atomic mass is 10.1. The number of aromatic nitrogens is 1. The summed E-state index contributed by atoms with van der Waals surface area (Å²) in [6.07, 6.45) is 3.25. The van der Waals surface area contributed by atoms with Gasteiger partial charge in [0.2, 0.25) is 0 Å². The largest absolute Gasteiger partial charge is 0.478 e. The molecule has 0 unspecified atom stereocenters. The zero-order valence-corrected chi connectivity index (χ0v) is 10.6. The van der Waals surface area contributed by atoms with Gasteiger partial charge in [0.05, 0.1) is 5.56 Å². The van der Waals surface area contributed by atoms with E-state index in [1.54, 1.807) is 0 Å². The Morgan fingerprint density at radius 1 is 1.39 bits per heavy atom. The number of amides is 1. The molecule has 6 heteroatoms. The van der Waals surface area contributed by atoms with Gasteiger partial charge in [-0.05, 0) is 36.5 Å². The lowest BCUT2D eigenvalue weighted by molar-refractivity contribution is 0.0696. The first kappa shape index (κ1) is 12.9. The van der Waals surface area contributed by atoms with Crippen LogP contribution in [0, 0.1) is 0 Å². The summed E-state index contributed by atoms with van der Waals surface area (Å²) in [5.74, 6) is 0.747. The molecule has 2 heterocycles. The number of carboxylic acids is 1. The molecule has 0 atom stereocenters. The van der Waals surface area contributed by atoms with E-state index in [-0.39, 0.29) is 23.2 Å². The summed E-state index contributed by atoms with van der Waals surface area (Å²) in [5.41, 5.74) is 0.238. The maximum atomic E-state index is 11.9. The first-order valence-corrected chi connectivity index (χ1v) is 6.90. The van der Waals surface area contributed by atoms with Gasteiger partial charge in [-0.2, -0.15) is 11.8 Å². The van der Waals surface area contributed by atoms with Crippen LogP contribution in [-0.2, 0) is 0 Å². The van der Waals surface area contributed by atoms with Crippen molar-refractivity contribution in [3.05, 3.63) is 29.6 Å². The molecule has 0 bridgehead atoms. The molecule has 1 aromatic rings. The number of hydrogen-bond donors (Lipinski definition) is 2. The second kappa shape index (κ2) is 5.86. The number of pyridine rings is 1. The average molecular weight is 266 g/mol. The van der Waals surface area contributed by atoms with Crippen LogP contribution in [0.2, 0.25) is 0 Å². The molecule has 0 saturated carbocycles. The van der Waals surface area contributed by atoms with Gasteiger partial charge in [0.25, 0.3) is 5.91 Å². The van der Waals surface area contributed by atoms with Crippen molar-refractivity contribution in [1.82, 2.24) is 10.3 Å². The first-order valence-electron chi connectivity index (χ1n) is 5.75. The summed E-state index contributed by atoms with van der Waals surface area (Å²) >= 11 is 1.88. The number of carboxylic acid groups (broad SMARTS) is 1. The van der Waals surface area contributed by atoms with E-state index in [0.29, 0.717) is 0 Å². The molecule has 2 rings (SSSR count). The Morgan fingerprint density at radius 2 is 2.11 bits per heavy atom. The van der Waals surface area contributed by atoms with Gasteiger partial charge in [0.15, 0.2) is 0 Å². The fourth-order valence-electron chi connectivity index (χ4n) is 1.79. The van der Waals surface area contributed by atoms with Gasteiger partial charge in [-0.15, -0.1) is 0 Å². The third-order valence-corrected chi connectivity index (χ3v) is 3.84. The number of carbonyl (C=O) groups excluding carboxylic acids is 1. The van der Waals surface area contributed by atoms with Crippen LogP contribution in [0.4, 0.5) is 0 Å². The van der Waals surface area contributed by atoms with Crippen LogP contribution in [-0.4, -0.2) is 39.5 Å². The molecule has 96 valence electrons. The molecule has 1 saturated heterocycles. The van der Waals surface area contributed by atoms with Crippen molar-refractivity contribution in [3.63, 3.8) is 0 Å². The molecule has 0 radical (unpaired) electrons. The van der Waals surface area contributed by atoms with Gasteiger partial charge in [-0.3, -0.25) is 9.78 Å². The summed E-state index contributed by atoms with van der Waals surface area (Å²) in [6.45, 7) is 0. The van der Waals surface area contributed by atoms with Crippen LogP contribution < -0.4 is 5.32 Å². The number of nitrogens with zero attached hydrogens (tertiary/aromatic N) is 1. The molecule has 2 N–H and O–H groups in total. The van der Waals surface area contributed by atoms with E-state index >= 15 is 0 Å². The number of nitrogens with one attached hydrogen (secondary N) is 1. The average Bonchev–Trinajstić information content (AvgIpc) is 2.40. The predicted molar refractivity (Wildman–Crippen MR) is 69.0 cm³/mol. The molecule has 5 nitrogen and oxygen atoms in total. The number of aromatic carboxylic acids is 1. The number of thioether (sulfide) groups is 1. The van der Waals surface area contributed by atoms with Crippen LogP contribution in [0.3, 0.4) is 0 Å². The van der Waals surface area contributed by atoms with Crippen molar-refractivity contribution in [2.45, 2.75) is 18.9 Å². The van der Waals surface area contributed by atoms with E-state index < -0.39 is 5.97 Å². The minimum absolute atomic E-state index is 0.0781. The smallest absolute Gasteiger partial charge is 0.335 e. The number of rotatable bonds is 3. The molecular formula is C12H14N2O3S. The fraction of sp³-hybridized carbons (Fsp3) is 0.417. The van der Waals surface area contributed by atoms with E-state index in [4.69, 9.17) is 5.11 Å². The van der Waals surface area contributed by atoms with Gasteiger partial charge < -0.3 is 10.4 Å². The van der Waals surface area contributed by atoms with Crippen molar-refractivity contribution >= 4 is 23.6 Å². The molecule has 1 fully saturated rings. The topological polar surface area (TPSA) is 79.3 Å². The molecule has 1 aliphatic heterocycles. The van der Waals surface area contributed by atoms with E-state index in [0.717, 1.165) is 24.3 Å². The van der Waals surface area contributed by atoms with Crippen LogP contribution in [0.15, 0.2) is 18.3 Å². The molecule has 0 spiro atoms. The van der Waals surface area contributed by atoms with Gasteiger partial charge >= 0.3 is 5.97 Å². The standard InChI is InChI=1S/C12H14N2O3S/c15-11(14-9-2-5-18-6-3-9)10-7-8(12(16)17)1-4-13-10/h1,4,7,9H,2-3,5-6H2,(H,14,15)(H,16,17). The highest BCUT2D eigenvalue weighted by Crippen LogP contribution is 2.17. The fourth-order valence-corrected chi connectivity index (χ4v) is 2.90. The molecule has 1 amide bonds. The van der Waals surface area contributed by atoms with Gasteiger partial charge in [-0.1, -0.05) is 0 Å². The number of hydrogen-bond acceptors (Lipinski definition) is 4. The monoisotopic (exact) mass is 266 g/mol.